The molecule has 14 heavy (non-hydrogen) atoms. The van der Waals surface area contributed by atoms with E-state index in [2.05, 4.69) is 24.4 Å². The normalized spacial score (nSPS) is 43.0. The van der Waals surface area contributed by atoms with Gasteiger partial charge in [-0.1, -0.05) is 19.1 Å². The van der Waals surface area contributed by atoms with Crippen LogP contribution in [0.2, 0.25) is 0 Å². The van der Waals surface area contributed by atoms with Crippen molar-refractivity contribution in [2.45, 2.75) is 43.9 Å². The van der Waals surface area contributed by atoms with Gasteiger partial charge in [-0.25, -0.2) is 0 Å². The fourth-order valence-corrected chi connectivity index (χ4v) is 2.34. The Morgan fingerprint density at radius 1 is 1.64 bits per heavy atom. The second-order valence-electron chi connectivity index (χ2n) is 4.27. The van der Waals surface area contributed by atoms with Crippen LogP contribution >= 0.6 is 0 Å². The molecule has 80 valence electrons. The Morgan fingerprint density at radius 2 is 2.50 bits per heavy atom. The van der Waals surface area contributed by atoms with Gasteiger partial charge in [0.15, 0.2) is 0 Å². The minimum atomic E-state index is -0.591. The molecule has 2 rings (SSSR count). The molecule has 0 saturated carbocycles. The summed E-state index contributed by atoms with van der Waals surface area (Å²) in [6.45, 7) is 3.67. The Kier molecular flexibility index (Phi) is 2.91. The number of rotatable bonds is 2. The zero-order valence-corrected chi connectivity index (χ0v) is 8.70. The van der Waals surface area contributed by atoms with Crippen LogP contribution in [0.3, 0.4) is 0 Å². The van der Waals surface area contributed by atoms with E-state index in [1.165, 1.54) is 0 Å². The van der Waals surface area contributed by atoms with Crippen LogP contribution in [-0.2, 0) is 4.74 Å². The maximum atomic E-state index is 10.5. The first-order valence-electron chi connectivity index (χ1n) is 5.48. The number of hydrogen-bond donors (Lipinski definition) is 2. The molecule has 0 amide bonds. The van der Waals surface area contributed by atoms with Crippen LogP contribution in [-0.4, -0.2) is 36.0 Å². The molecule has 3 nitrogen and oxygen atoms in total. The third kappa shape index (κ3) is 1.85. The molecule has 2 aliphatic heterocycles. The maximum Gasteiger partial charge on any atom is 0.0882 e. The van der Waals surface area contributed by atoms with Gasteiger partial charge in [-0.15, -0.1) is 0 Å². The van der Waals surface area contributed by atoms with Gasteiger partial charge in [0, 0.05) is 26.0 Å². The predicted octanol–water partition coefficient (Wildman–Crippen LogP) is 0.834. The monoisotopic (exact) mass is 197 g/mol. The van der Waals surface area contributed by atoms with E-state index in [-0.39, 0.29) is 12.1 Å². The summed E-state index contributed by atoms with van der Waals surface area (Å²) in [6, 6.07) is 0.125. The lowest BCUT2D eigenvalue weighted by Crippen LogP contribution is -2.53. The molecule has 2 N–H and O–H groups in total. The zero-order valence-electron chi connectivity index (χ0n) is 8.70. The van der Waals surface area contributed by atoms with Gasteiger partial charge in [0.25, 0.3) is 0 Å². The minimum absolute atomic E-state index is 0.125. The highest BCUT2D eigenvalue weighted by molar-refractivity contribution is 5.12. The van der Waals surface area contributed by atoms with Crippen LogP contribution in [0.5, 0.6) is 0 Å². The first-order chi connectivity index (χ1) is 6.74. The molecule has 3 unspecified atom stereocenters. The van der Waals surface area contributed by atoms with E-state index in [4.69, 9.17) is 4.74 Å². The zero-order chi connectivity index (χ0) is 10.0. The van der Waals surface area contributed by atoms with Crippen LogP contribution in [0, 0.1) is 0 Å². The van der Waals surface area contributed by atoms with Crippen molar-refractivity contribution in [2.24, 2.45) is 0 Å². The van der Waals surface area contributed by atoms with E-state index in [0.717, 1.165) is 25.8 Å². The van der Waals surface area contributed by atoms with Crippen molar-refractivity contribution in [3.05, 3.63) is 12.2 Å². The van der Waals surface area contributed by atoms with Gasteiger partial charge in [0.2, 0.25) is 0 Å². The van der Waals surface area contributed by atoms with Crippen molar-refractivity contribution in [3.63, 3.8) is 0 Å². The van der Waals surface area contributed by atoms with Crippen LogP contribution in [0.25, 0.3) is 0 Å². The fraction of sp³-hybridized carbons (Fsp3) is 0.818. The molecule has 2 heterocycles. The highest BCUT2D eigenvalue weighted by Gasteiger charge is 2.40. The standard InChI is InChI=1S/C11H19NO2/c1-2-9-8-11(13,5-7-14-9)10-4-3-6-12-10/h3-4,9-10,12-13H,2,5-8H2,1H3. The van der Waals surface area contributed by atoms with E-state index in [9.17, 15) is 5.11 Å². The average molecular weight is 197 g/mol. The molecule has 0 bridgehead atoms. The van der Waals surface area contributed by atoms with Crippen LogP contribution < -0.4 is 5.32 Å². The first-order valence-corrected chi connectivity index (χ1v) is 5.48. The summed E-state index contributed by atoms with van der Waals surface area (Å²) in [5, 5.41) is 13.8. The summed E-state index contributed by atoms with van der Waals surface area (Å²) in [6.07, 6.45) is 6.87. The van der Waals surface area contributed by atoms with Gasteiger partial charge in [-0.05, 0) is 6.42 Å². The summed E-state index contributed by atoms with van der Waals surface area (Å²) in [5.74, 6) is 0. The molecule has 1 fully saturated rings. The van der Waals surface area contributed by atoms with Crippen molar-refractivity contribution in [3.8, 4) is 0 Å². The van der Waals surface area contributed by atoms with Gasteiger partial charge in [0.05, 0.1) is 17.7 Å². The van der Waals surface area contributed by atoms with Gasteiger partial charge >= 0.3 is 0 Å². The molecule has 3 atom stereocenters. The molecular formula is C11H19NO2. The molecule has 0 aromatic rings. The van der Waals surface area contributed by atoms with E-state index in [1.807, 2.05) is 0 Å². The highest BCUT2D eigenvalue weighted by Crippen LogP contribution is 2.30. The predicted molar refractivity (Wildman–Crippen MR) is 55.1 cm³/mol. The van der Waals surface area contributed by atoms with Gasteiger partial charge < -0.3 is 15.2 Å². The first kappa shape index (κ1) is 10.1. The van der Waals surface area contributed by atoms with Crippen molar-refractivity contribution >= 4 is 0 Å². The number of aliphatic hydroxyl groups is 1. The van der Waals surface area contributed by atoms with Crippen molar-refractivity contribution in [2.75, 3.05) is 13.2 Å². The molecule has 0 aromatic heterocycles. The molecule has 0 spiro atoms. The van der Waals surface area contributed by atoms with Crippen LogP contribution in [0.1, 0.15) is 26.2 Å². The molecule has 0 radical (unpaired) electrons. The third-order valence-electron chi connectivity index (χ3n) is 3.29. The molecule has 0 aliphatic carbocycles. The lowest BCUT2D eigenvalue weighted by atomic mass is 9.83. The minimum Gasteiger partial charge on any atom is -0.388 e. The van der Waals surface area contributed by atoms with Crippen molar-refractivity contribution < 1.29 is 9.84 Å². The molecule has 3 heteroatoms. The lowest BCUT2D eigenvalue weighted by Gasteiger charge is -2.40. The van der Waals surface area contributed by atoms with E-state index in [0.29, 0.717) is 6.61 Å². The van der Waals surface area contributed by atoms with Gasteiger partial charge in [0.1, 0.15) is 0 Å². The molecular weight excluding hydrogens is 178 g/mol. The Hall–Kier alpha value is -0.380. The number of hydrogen-bond acceptors (Lipinski definition) is 3. The number of nitrogens with one attached hydrogen (secondary N) is 1. The fourth-order valence-electron chi connectivity index (χ4n) is 2.34. The Labute approximate surface area is 85.1 Å². The summed E-state index contributed by atoms with van der Waals surface area (Å²) >= 11 is 0. The molecule has 2 aliphatic rings. The Morgan fingerprint density at radius 3 is 3.14 bits per heavy atom. The van der Waals surface area contributed by atoms with Crippen molar-refractivity contribution in [1.82, 2.24) is 5.32 Å². The quantitative estimate of drug-likeness (QED) is 0.644. The van der Waals surface area contributed by atoms with E-state index >= 15 is 0 Å². The maximum absolute atomic E-state index is 10.5. The second-order valence-corrected chi connectivity index (χ2v) is 4.27. The van der Waals surface area contributed by atoms with E-state index in [1.54, 1.807) is 0 Å². The Bertz CT molecular complexity index is 229. The van der Waals surface area contributed by atoms with Crippen LogP contribution in [0.4, 0.5) is 0 Å². The van der Waals surface area contributed by atoms with E-state index < -0.39 is 5.60 Å². The third-order valence-corrected chi connectivity index (χ3v) is 3.29. The smallest absolute Gasteiger partial charge is 0.0882 e. The number of ether oxygens (including phenoxy) is 1. The molecule has 0 aromatic carbocycles. The largest absolute Gasteiger partial charge is 0.388 e. The Balaban J connectivity index is 2.02. The second kappa shape index (κ2) is 4.01. The molecule has 1 saturated heterocycles. The van der Waals surface area contributed by atoms with Gasteiger partial charge in [-0.3, -0.25) is 0 Å². The SMILES string of the molecule is CCC1CC(O)(C2C=CCN2)CCO1. The summed E-state index contributed by atoms with van der Waals surface area (Å²) < 4.78 is 5.57. The van der Waals surface area contributed by atoms with Crippen LogP contribution in [0.15, 0.2) is 12.2 Å². The van der Waals surface area contributed by atoms with Crippen molar-refractivity contribution in [1.29, 1.82) is 0 Å². The average Bonchev–Trinajstić information content (AvgIpc) is 2.71. The topological polar surface area (TPSA) is 41.5 Å². The summed E-state index contributed by atoms with van der Waals surface area (Å²) in [4.78, 5) is 0. The summed E-state index contributed by atoms with van der Waals surface area (Å²) in [5.41, 5.74) is -0.591. The highest BCUT2D eigenvalue weighted by atomic mass is 16.5. The van der Waals surface area contributed by atoms with Gasteiger partial charge in [-0.2, -0.15) is 0 Å². The lowest BCUT2D eigenvalue weighted by molar-refractivity contribution is -0.112. The summed E-state index contributed by atoms with van der Waals surface area (Å²) in [7, 11) is 0.